The first-order valence-corrected chi connectivity index (χ1v) is 9.31. The number of nitrogen functional groups attached to an aromatic ring is 1. The zero-order chi connectivity index (χ0) is 14.9. The second-order valence-electron chi connectivity index (χ2n) is 4.06. The normalized spacial score (nSPS) is 12.0. The van der Waals surface area contributed by atoms with Gasteiger partial charge < -0.3 is 5.73 Å². The molecule has 0 bridgehead atoms. The molecule has 2 heterocycles. The minimum Gasteiger partial charge on any atom is -0.383 e. The zero-order valence-electron chi connectivity index (χ0n) is 10.4. The Morgan fingerprint density at radius 2 is 2.10 bits per heavy atom. The highest BCUT2D eigenvalue weighted by molar-refractivity contribution is 9.11. The molecule has 0 aliphatic heterocycles. The maximum absolute atomic E-state index is 12.5. The molecule has 0 fully saturated rings. The quantitative estimate of drug-likeness (QED) is 0.792. The molecule has 0 aromatic carbocycles. The Morgan fingerprint density at radius 3 is 2.70 bits per heavy atom. The molecule has 5 nitrogen and oxygen atoms in total. The minimum atomic E-state index is -3.68. The van der Waals surface area contributed by atoms with Gasteiger partial charge in [0.2, 0.25) is 10.0 Å². The lowest BCUT2D eigenvalue weighted by molar-refractivity contribution is 0.467. The standard InChI is InChI=1S/C11H11Br2N3O2S2/c1-16(5-7-2-10(13)19-6-7)20(17,18)9-3-8(12)4-15-11(9)14/h2-4,6H,5H2,1H3,(H2,14,15). The van der Waals surface area contributed by atoms with Crippen LogP contribution in [0.2, 0.25) is 0 Å². The smallest absolute Gasteiger partial charge is 0.246 e. The molecule has 0 aliphatic rings. The summed E-state index contributed by atoms with van der Waals surface area (Å²) in [6.07, 6.45) is 1.46. The Bertz CT molecular complexity index is 731. The van der Waals surface area contributed by atoms with Gasteiger partial charge in [0, 0.05) is 24.3 Å². The van der Waals surface area contributed by atoms with Gasteiger partial charge in [0.25, 0.3) is 0 Å². The maximum Gasteiger partial charge on any atom is 0.246 e. The fourth-order valence-corrected chi connectivity index (χ4v) is 4.51. The van der Waals surface area contributed by atoms with Gasteiger partial charge in [-0.15, -0.1) is 11.3 Å². The van der Waals surface area contributed by atoms with E-state index in [9.17, 15) is 8.42 Å². The van der Waals surface area contributed by atoms with Crippen LogP contribution in [0.25, 0.3) is 0 Å². The van der Waals surface area contributed by atoms with Gasteiger partial charge in [0.05, 0.1) is 3.79 Å². The van der Waals surface area contributed by atoms with Crippen LogP contribution in [-0.2, 0) is 16.6 Å². The van der Waals surface area contributed by atoms with E-state index in [0.29, 0.717) is 4.47 Å². The third-order valence-corrected chi connectivity index (χ3v) is 6.38. The number of pyridine rings is 1. The summed E-state index contributed by atoms with van der Waals surface area (Å²) in [7, 11) is -2.16. The van der Waals surface area contributed by atoms with E-state index in [1.165, 1.54) is 35.0 Å². The van der Waals surface area contributed by atoms with Crippen LogP contribution in [0.3, 0.4) is 0 Å². The number of thiophene rings is 1. The number of anilines is 1. The van der Waals surface area contributed by atoms with Crippen molar-refractivity contribution in [1.82, 2.24) is 9.29 Å². The van der Waals surface area contributed by atoms with Crippen molar-refractivity contribution in [2.75, 3.05) is 12.8 Å². The Balaban J connectivity index is 2.32. The summed E-state index contributed by atoms with van der Waals surface area (Å²) in [5.74, 6) is -0.00782. The van der Waals surface area contributed by atoms with Crippen LogP contribution >= 0.6 is 43.2 Å². The first-order chi connectivity index (χ1) is 9.30. The Kier molecular flexibility index (Phi) is 4.85. The summed E-state index contributed by atoms with van der Waals surface area (Å²) in [5.41, 5.74) is 6.58. The van der Waals surface area contributed by atoms with E-state index in [-0.39, 0.29) is 17.3 Å². The van der Waals surface area contributed by atoms with Crippen molar-refractivity contribution in [2.45, 2.75) is 11.4 Å². The van der Waals surface area contributed by atoms with Crippen LogP contribution in [0.5, 0.6) is 0 Å². The molecule has 2 aromatic heterocycles. The molecule has 2 N–H and O–H groups in total. The highest BCUT2D eigenvalue weighted by Crippen LogP contribution is 2.26. The van der Waals surface area contributed by atoms with Crippen molar-refractivity contribution in [3.05, 3.63) is 37.5 Å². The van der Waals surface area contributed by atoms with Crippen molar-refractivity contribution >= 4 is 59.0 Å². The van der Waals surface area contributed by atoms with Gasteiger partial charge >= 0.3 is 0 Å². The Labute approximate surface area is 138 Å². The van der Waals surface area contributed by atoms with Gasteiger partial charge in [-0.25, -0.2) is 13.4 Å². The number of nitrogens with zero attached hydrogens (tertiary/aromatic N) is 2. The summed E-state index contributed by atoms with van der Waals surface area (Å²) in [4.78, 5) is 3.86. The van der Waals surface area contributed by atoms with E-state index in [1.54, 1.807) is 0 Å². The molecule has 0 saturated heterocycles. The summed E-state index contributed by atoms with van der Waals surface area (Å²) in [6.45, 7) is 0.274. The highest BCUT2D eigenvalue weighted by atomic mass is 79.9. The third-order valence-electron chi connectivity index (χ3n) is 2.56. The second-order valence-corrected chi connectivity index (χ2v) is 9.28. The highest BCUT2D eigenvalue weighted by Gasteiger charge is 2.24. The molecule has 0 amide bonds. The number of hydrogen-bond donors (Lipinski definition) is 1. The molecule has 0 spiro atoms. The predicted molar refractivity (Wildman–Crippen MR) is 87.0 cm³/mol. The average molecular weight is 441 g/mol. The molecule has 9 heteroatoms. The molecule has 0 aliphatic carbocycles. The number of aromatic nitrogens is 1. The van der Waals surface area contributed by atoms with E-state index in [4.69, 9.17) is 5.73 Å². The number of halogens is 2. The monoisotopic (exact) mass is 439 g/mol. The fraction of sp³-hybridized carbons (Fsp3) is 0.182. The lowest BCUT2D eigenvalue weighted by Gasteiger charge is -2.17. The lowest BCUT2D eigenvalue weighted by Crippen LogP contribution is -2.27. The molecule has 0 atom stereocenters. The fourth-order valence-electron chi connectivity index (χ4n) is 1.58. The minimum absolute atomic E-state index is 0.00340. The van der Waals surface area contributed by atoms with Crippen LogP contribution in [0.1, 0.15) is 5.56 Å². The second kappa shape index (κ2) is 6.10. The van der Waals surface area contributed by atoms with E-state index >= 15 is 0 Å². The molecule has 2 rings (SSSR count). The van der Waals surface area contributed by atoms with Gasteiger partial charge in [0.15, 0.2) is 0 Å². The molecule has 108 valence electrons. The van der Waals surface area contributed by atoms with Crippen molar-refractivity contribution in [3.8, 4) is 0 Å². The van der Waals surface area contributed by atoms with Gasteiger partial charge in [-0.3, -0.25) is 0 Å². The van der Waals surface area contributed by atoms with Crippen molar-refractivity contribution in [1.29, 1.82) is 0 Å². The molecular weight excluding hydrogens is 430 g/mol. The number of rotatable bonds is 4. The topological polar surface area (TPSA) is 76.3 Å². The molecule has 0 unspecified atom stereocenters. The average Bonchev–Trinajstić information content (AvgIpc) is 2.77. The van der Waals surface area contributed by atoms with Gasteiger partial charge in [0.1, 0.15) is 10.7 Å². The van der Waals surface area contributed by atoms with E-state index in [1.807, 2.05) is 11.4 Å². The van der Waals surface area contributed by atoms with Crippen LogP contribution in [0.15, 0.2) is 36.9 Å². The van der Waals surface area contributed by atoms with Crippen LogP contribution in [0, 0.1) is 0 Å². The van der Waals surface area contributed by atoms with Gasteiger partial charge in [-0.1, -0.05) is 0 Å². The number of hydrogen-bond acceptors (Lipinski definition) is 5. The van der Waals surface area contributed by atoms with Crippen molar-refractivity contribution in [2.24, 2.45) is 0 Å². The summed E-state index contributed by atoms with van der Waals surface area (Å²) >= 11 is 8.06. The van der Waals surface area contributed by atoms with Gasteiger partial charge in [-0.2, -0.15) is 4.31 Å². The maximum atomic E-state index is 12.5. The Morgan fingerprint density at radius 1 is 1.40 bits per heavy atom. The van der Waals surface area contributed by atoms with Crippen LogP contribution in [-0.4, -0.2) is 24.8 Å². The molecular formula is C11H11Br2N3O2S2. The zero-order valence-corrected chi connectivity index (χ0v) is 15.2. The Hall–Kier alpha value is -0.480. The van der Waals surface area contributed by atoms with Gasteiger partial charge in [-0.05, 0) is 54.9 Å². The van der Waals surface area contributed by atoms with Crippen LogP contribution in [0.4, 0.5) is 5.82 Å². The largest absolute Gasteiger partial charge is 0.383 e. The number of nitrogens with two attached hydrogens (primary N) is 1. The lowest BCUT2D eigenvalue weighted by atomic mass is 10.3. The first kappa shape index (κ1) is 15.9. The third kappa shape index (κ3) is 3.40. The summed E-state index contributed by atoms with van der Waals surface area (Å²) < 4.78 is 27.8. The molecule has 0 radical (unpaired) electrons. The summed E-state index contributed by atoms with van der Waals surface area (Å²) in [6, 6.07) is 3.34. The predicted octanol–water partition coefficient (Wildman–Crippen LogP) is 3.07. The SMILES string of the molecule is CN(Cc1csc(Br)c1)S(=O)(=O)c1cc(Br)cnc1N. The van der Waals surface area contributed by atoms with Crippen molar-refractivity contribution < 1.29 is 8.42 Å². The van der Waals surface area contributed by atoms with E-state index < -0.39 is 10.0 Å². The molecule has 20 heavy (non-hydrogen) atoms. The van der Waals surface area contributed by atoms with Crippen LogP contribution < -0.4 is 5.73 Å². The van der Waals surface area contributed by atoms with E-state index in [2.05, 4.69) is 36.8 Å². The number of sulfonamides is 1. The molecule has 0 saturated carbocycles. The van der Waals surface area contributed by atoms with E-state index in [0.717, 1.165) is 9.35 Å². The summed E-state index contributed by atoms with van der Waals surface area (Å²) in [5, 5.41) is 1.90. The molecule has 2 aromatic rings. The van der Waals surface area contributed by atoms with Crippen molar-refractivity contribution in [3.63, 3.8) is 0 Å². The first-order valence-electron chi connectivity index (χ1n) is 5.41.